The first kappa shape index (κ1) is 12.1. The number of ether oxygens (including phenoxy) is 3. The van der Waals surface area contributed by atoms with E-state index in [9.17, 15) is 4.79 Å². The highest BCUT2D eigenvalue weighted by Crippen LogP contribution is 2.65. The zero-order valence-corrected chi connectivity index (χ0v) is 11.5. The van der Waals surface area contributed by atoms with Crippen LogP contribution in [-0.2, 0) is 14.3 Å². The maximum absolute atomic E-state index is 12.2. The number of esters is 1. The number of methoxy groups -OCH3 is 2. The van der Waals surface area contributed by atoms with Crippen molar-refractivity contribution in [2.45, 2.75) is 24.5 Å². The molecule has 3 heterocycles. The molecule has 0 amide bonds. The Bertz CT molecular complexity index is 561. The summed E-state index contributed by atoms with van der Waals surface area (Å²) in [5.74, 6) is 1.45. The molecule has 0 N–H and O–H groups in total. The highest BCUT2D eigenvalue weighted by molar-refractivity contribution is 5.76. The molecule has 3 fully saturated rings. The van der Waals surface area contributed by atoms with E-state index in [2.05, 4.69) is 4.98 Å². The Morgan fingerprint density at radius 1 is 1.35 bits per heavy atom. The minimum atomic E-state index is -0.194. The quantitative estimate of drug-likeness (QED) is 0.780. The molecule has 2 bridgehead atoms. The molecule has 3 aliphatic rings. The lowest BCUT2D eigenvalue weighted by Crippen LogP contribution is -2.34. The molecule has 0 aromatic carbocycles. The van der Waals surface area contributed by atoms with Gasteiger partial charge in [0.05, 0.1) is 32.3 Å². The molecule has 1 aromatic heterocycles. The summed E-state index contributed by atoms with van der Waals surface area (Å²) < 4.78 is 16.2. The molecular weight excluding hydrogens is 258 g/mol. The van der Waals surface area contributed by atoms with Gasteiger partial charge in [0, 0.05) is 18.2 Å². The first-order valence-electron chi connectivity index (χ1n) is 6.98. The van der Waals surface area contributed by atoms with E-state index in [-0.39, 0.29) is 30.0 Å². The molecule has 6 atom stereocenters. The fourth-order valence-corrected chi connectivity index (χ4v) is 4.04. The lowest BCUT2D eigenvalue weighted by Gasteiger charge is -2.26. The first-order valence-corrected chi connectivity index (χ1v) is 6.98. The van der Waals surface area contributed by atoms with Crippen molar-refractivity contribution in [1.82, 2.24) is 4.98 Å². The van der Waals surface area contributed by atoms with Gasteiger partial charge in [-0.1, -0.05) is 0 Å². The third-order valence-electron chi connectivity index (χ3n) is 4.97. The molecule has 20 heavy (non-hydrogen) atoms. The SMILES string of the molecule is COC(=O)[C@H]1[C@@H]2O[C@@H]([C@H]3C[C@H]32)[C@@H]1c1ccnc(OC)c1. The van der Waals surface area contributed by atoms with Gasteiger partial charge in [0.25, 0.3) is 0 Å². The molecule has 0 unspecified atom stereocenters. The van der Waals surface area contributed by atoms with Crippen molar-refractivity contribution in [3.63, 3.8) is 0 Å². The Balaban J connectivity index is 1.72. The molecule has 4 rings (SSSR count). The van der Waals surface area contributed by atoms with Crippen LogP contribution in [0.15, 0.2) is 18.3 Å². The van der Waals surface area contributed by atoms with Gasteiger partial charge in [-0.15, -0.1) is 0 Å². The topological polar surface area (TPSA) is 57.7 Å². The smallest absolute Gasteiger partial charge is 0.312 e. The van der Waals surface area contributed by atoms with Crippen molar-refractivity contribution < 1.29 is 19.0 Å². The third-order valence-corrected chi connectivity index (χ3v) is 4.97. The molecule has 106 valence electrons. The molecule has 2 aliphatic heterocycles. The average molecular weight is 275 g/mol. The van der Waals surface area contributed by atoms with Crippen molar-refractivity contribution in [1.29, 1.82) is 0 Å². The van der Waals surface area contributed by atoms with Crippen LogP contribution in [0.5, 0.6) is 5.88 Å². The second-order valence-corrected chi connectivity index (χ2v) is 5.83. The molecule has 0 spiro atoms. The number of fused-ring (bicyclic) bond motifs is 5. The van der Waals surface area contributed by atoms with Crippen LogP contribution in [-0.4, -0.2) is 37.4 Å². The van der Waals surface area contributed by atoms with Gasteiger partial charge in [-0.05, 0) is 29.9 Å². The van der Waals surface area contributed by atoms with E-state index in [1.54, 1.807) is 13.3 Å². The molecular formula is C15H17NO4. The number of rotatable bonds is 3. The van der Waals surface area contributed by atoms with Gasteiger partial charge in [0.2, 0.25) is 5.88 Å². The summed E-state index contributed by atoms with van der Waals surface area (Å²) in [6.07, 6.45) is 3.07. The van der Waals surface area contributed by atoms with Crippen LogP contribution in [0.3, 0.4) is 0 Å². The van der Waals surface area contributed by atoms with Crippen molar-refractivity contribution in [3.05, 3.63) is 23.9 Å². The van der Waals surface area contributed by atoms with Crippen LogP contribution >= 0.6 is 0 Å². The number of hydrogen-bond acceptors (Lipinski definition) is 5. The van der Waals surface area contributed by atoms with Crippen molar-refractivity contribution in [2.75, 3.05) is 14.2 Å². The van der Waals surface area contributed by atoms with Crippen LogP contribution in [0.4, 0.5) is 0 Å². The van der Waals surface area contributed by atoms with E-state index in [0.29, 0.717) is 17.7 Å². The Kier molecular flexibility index (Phi) is 2.54. The number of nitrogens with zero attached hydrogens (tertiary/aromatic N) is 1. The number of pyridine rings is 1. The van der Waals surface area contributed by atoms with Crippen molar-refractivity contribution in [3.8, 4) is 5.88 Å². The van der Waals surface area contributed by atoms with Crippen molar-refractivity contribution >= 4 is 5.97 Å². The molecule has 1 aliphatic carbocycles. The van der Waals surface area contributed by atoms with E-state index in [4.69, 9.17) is 14.2 Å². The summed E-state index contributed by atoms with van der Waals surface area (Å²) in [4.78, 5) is 16.3. The van der Waals surface area contributed by atoms with Gasteiger partial charge < -0.3 is 14.2 Å². The highest BCUT2D eigenvalue weighted by Gasteiger charge is 2.69. The molecule has 2 saturated heterocycles. The van der Waals surface area contributed by atoms with E-state index >= 15 is 0 Å². The predicted molar refractivity (Wildman–Crippen MR) is 69.3 cm³/mol. The average Bonchev–Trinajstić information content (AvgIpc) is 3.11. The van der Waals surface area contributed by atoms with Gasteiger partial charge in [-0.2, -0.15) is 0 Å². The highest BCUT2D eigenvalue weighted by atomic mass is 16.5. The lowest BCUT2D eigenvalue weighted by atomic mass is 9.75. The number of aromatic nitrogens is 1. The molecule has 0 radical (unpaired) electrons. The zero-order valence-electron chi connectivity index (χ0n) is 11.5. The predicted octanol–water partition coefficient (Wildman–Crippen LogP) is 1.38. The number of hydrogen-bond donors (Lipinski definition) is 0. The molecule has 1 saturated carbocycles. The van der Waals surface area contributed by atoms with Crippen LogP contribution in [0.2, 0.25) is 0 Å². The zero-order chi connectivity index (χ0) is 13.9. The van der Waals surface area contributed by atoms with Crippen LogP contribution in [0, 0.1) is 17.8 Å². The molecule has 5 heteroatoms. The summed E-state index contributed by atoms with van der Waals surface area (Å²) >= 11 is 0. The Morgan fingerprint density at radius 3 is 2.90 bits per heavy atom. The standard InChI is InChI=1S/C15H17NO4/c1-18-10-5-7(3-4-16-10)11-12(15(17)19-2)14-9-6-8(9)13(11)20-14/h3-5,8-9,11-14H,6H2,1-2H3/t8-,9+,11+,12+,13-,14+/m0/s1. The maximum Gasteiger partial charge on any atom is 0.312 e. The fraction of sp³-hybridized carbons (Fsp3) is 0.600. The number of carbonyl (C=O) groups excluding carboxylic acids is 1. The minimum Gasteiger partial charge on any atom is -0.481 e. The fourth-order valence-electron chi connectivity index (χ4n) is 4.04. The summed E-state index contributed by atoms with van der Waals surface area (Å²) in [7, 11) is 3.04. The third kappa shape index (κ3) is 1.53. The number of carbonyl (C=O) groups is 1. The Labute approximate surface area is 117 Å². The molecule has 5 nitrogen and oxygen atoms in total. The maximum atomic E-state index is 12.2. The molecule has 1 aromatic rings. The second-order valence-electron chi connectivity index (χ2n) is 5.83. The minimum absolute atomic E-state index is 0.0293. The summed E-state index contributed by atoms with van der Waals surface area (Å²) in [5.41, 5.74) is 1.06. The van der Waals surface area contributed by atoms with Crippen molar-refractivity contribution in [2.24, 2.45) is 17.8 Å². The van der Waals surface area contributed by atoms with Gasteiger partial charge in [-0.25, -0.2) is 4.98 Å². The Hall–Kier alpha value is -1.62. The van der Waals surface area contributed by atoms with E-state index in [0.717, 1.165) is 5.56 Å². The van der Waals surface area contributed by atoms with E-state index in [1.807, 2.05) is 12.1 Å². The van der Waals surface area contributed by atoms with E-state index in [1.165, 1.54) is 13.5 Å². The van der Waals surface area contributed by atoms with Crippen LogP contribution in [0.1, 0.15) is 17.9 Å². The normalized spacial score (nSPS) is 40.3. The monoisotopic (exact) mass is 275 g/mol. The van der Waals surface area contributed by atoms with Crippen LogP contribution < -0.4 is 4.74 Å². The van der Waals surface area contributed by atoms with E-state index < -0.39 is 0 Å². The summed E-state index contributed by atoms with van der Waals surface area (Å²) in [6.45, 7) is 0. The summed E-state index contributed by atoms with van der Waals surface area (Å²) in [5, 5.41) is 0. The lowest BCUT2D eigenvalue weighted by molar-refractivity contribution is -0.148. The largest absolute Gasteiger partial charge is 0.481 e. The van der Waals surface area contributed by atoms with Gasteiger partial charge in [-0.3, -0.25) is 4.79 Å². The van der Waals surface area contributed by atoms with Gasteiger partial charge in [0.15, 0.2) is 0 Å². The Morgan fingerprint density at radius 2 is 2.15 bits per heavy atom. The summed E-state index contributed by atoms with van der Waals surface area (Å²) in [6, 6.07) is 3.85. The first-order chi connectivity index (χ1) is 9.74. The van der Waals surface area contributed by atoms with Crippen LogP contribution in [0.25, 0.3) is 0 Å². The van der Waals surface area contributed by atoms with Gasteiger partial charge >= 0.3 is 5.97 Å². The van der Waals surface area contributed by atoms with Gasteiger partial charge in [0.1, 0.15) is 0 Å². The second kappa shape index (κ2) is 4.19.